The third-order valence-electron chi connectivity index (χ3n) is 16.8. The van der Waals surface area contributed by atoms with Crippen molar-refractivity contribution < 1.29 is 80.2 Å². The summed E-state index contributed by atoms with van der Waals surface area (Å²) in [6.07, 6.45) is 41.6. The zero-order chi connectivity index (χ0) is 66.1. The molecule has 0 aromatic carbocycles. The second-order valence-corrected chi connectivity index (χ2v) is 29.6. The van der Waals surface area contributed by atoms with Gasteiger partial charge in [0, 0.05) is 25.7 Å². The van der Waals surface area contributed by atoms with E-state index in [1.54, 1.807) is 0 Å². The molecule has 0 heterocycles. The molecule has 0 aromatic heterocycles. The first-order chi connectivity index (χ1) is 42.7. The molecule has 528 valence electrons. The molecule has 0 radical (unpaired) electrons. The van der Waals surface area contributed by atoms with E-state index in [1.165, 1.54) is 148 Å². The van der Waals surface area contributed by atoms with Crippen molar-refractivity contribution in [2.24, 2.45) is 23.7 Å². The van der Waals surface area contributed by atoms with E-state index in [1.807, 2.05) is 0 Å². The van der Waals surface area contributed by atoms with Gasteiger partial charge in [0.25, 0.3) is 0 Å². The van der Waals surface area contributed by atoms with Gasteiger partial charge in [-0.25, -0.2) is 9.13 Å². The van der Waals surface area contributed by atoms with E-state index in [-0.39, 0.29) is 25.7 Å². The van der Waals surface area contributed by atoms with Gasteiger partial charge in [-0.1, -0.05) is 293 Å². The van der Waals surface area contributed by atoms with Crippen molar-refractivity contribution in [2.45, 2.75) is 363 Å². The molecule has 0 rings (SSSR count). The molecule has 0 bridgehead atoms. The Kier molecular flexibility index (Phi) is 58.5. The zero-order valence-electron chi connectivity index (χ0n) is 58.1. The fourth-order valence-corrected chi connectivity index (χ4v) is 12.0. The second-order valence-electron chi connectivity index (χ2n) is 26.7. The molecule has 17 nitrogen and oxygen atoms in total. The van der Waals surface area contributed by atoms with Gasteiger partial charge in [0.05, 0.1) is 26.4 Å². The Labute approximate surface area is 543 Å². The number of unbranched alkanes of at least 4 members (excludes halogenated alkanes) is 31. The summed E-state index contributed by atoms with van der Waals surface area (Å²) in [5.41, 5.74) is 0. The maximum absolute atomic E-state index is 13.0. The van der Waals surface area contributed by atoms with Crippen molar-refractivity contribution in [2.75, 3.05) is 39.6 Å². The molecule has 0 aliphatic carbocycles. The van der Waals surface area contributed by atoms with Crippen LogP contribution in [0.15, 0.2) is 0 Å². The number of esters is 4. The minimum absolute atomic E-state index is 0.104. The molecule has 0 aliphatic rings. The lowest BCUT2D eigenvalue weighted by Crippen LogP contribution is -2.30. The van der Waals surface area contributed by atoms with E-state index in [0.717, 1.165) is 114 Å². The lowest BCUT2D eigenvalue weighted by molar-refractivity contribution is -0.161. The first-order valence-electron chi connectivity index (χ1n) is 36.3. The monoisotopic (exact) mass is 1310 g/mol. The molecule has 0 aromatic rings. The molecule has 0 fully saturated rings. The first kappa shape index (κ1) is 87.1. The summed E-state index contributed by atoms with van der Waals surface area (Å²) in [4.78, 5) is 72.6. The second kappa shape index (κ2) is 59.8. The topological polar surface area (TPSA) is 237 Å². The molecule has 0 amide bonds. The van der Waals surface area contributed by atoms with Crippen molar-refractivity contribution in [3.8, 4) is 0 Å². The molecular weight excluding hydrogens is 1170 g/mol. The maximum Gasteiger partial charge on any atom is 0.472 e. The average molecular weight is 1310 g/mol. The van der Waals surface area contributed by atoms with E-state index in [2.05, 4.69) is 55.4 Å². The highest BCUT2D eigenvalue weighted by Crippen LogP contribution is 2.45. The SMILES string of the molecule is CCC(C)CCCCCCCCCCCCC(=O)O[C@H](COC(=O)CCCCCCCCCCC(C)C)COP(=O)(O)OCC(O)COP(=O)(O)OC[C@@H](COC(=O)CCCCCCCCCCCC(C)C)OC(=O)CCCCCCCCCCC(C)CC. The number of phosphoric ester groups is 2. The van der Waals surface area contributed by atoms with Crippen LogP contribution in [0.1, 0.15) is 344 Å². The van der Waals surface area contributed by atoms with Crippen LogP contribution in [-0.4, -0.2) is 96.7 Å². The summed E-state index contributed by atoms with van der Waals surface area (Å²) in [5.74, 6) is 0.912. The first-order valence-corrected chi connectivity index (χ1v) is 39.3. The van der Waals surface area contributed by atoms with Crippen LogP contribution in [0.25, 0.3) is 0 Å². The van der Waals surface area contributed by atoms with Gasteiger partial charge in [0.2, 0.25) is 0 Å². The summed E-state index contributed by atoms with van der Waals surface area (Å²) >= 11 is 0. The molecular formula is C70H136O17P2. The van der Waals surface area contributed by atoms with Crippen LogP contribution in [0.2, 0.25) is 0 Å². The fourth-order valence-electron chi connectivity index (χ4n) is 10.4. The number of ether oxygens (including phenoxy) is 4. The highest BCUT2D eigenvalue weighted by Gasteiger charge is 2.30. The molecule has 7 atom stereocenters. The zero-order valence-corrected chi connectivity index (χ0v) is 59.8. The van der Waals surface area contributed by atoms with Crippen molar-refractivity contribution >= 4 is 39.5 Å². The van der Waals surface area contributed by atoms with Crippen LogP contribution >= 0.6 is 15.6 Å². The smallest absolute Gasteiger partial charge is 0.462 e. The predicted molar refractivity (Wildman–Crippen MR) is 358 cm³/mol. The van der Waals surface area contributed by atoms with Gasteiger partial charge in [-0.15, -0.1) is 0 Å². The van der Waals surface area contributed by atoms with Crippen LogP contribution in [0, 0.1) is 23.7 Å². The standard InChI is InChI=1S/C70H136O17P2/c1-9-62(7)48-40-32-24-15-11-12-16-28-36-44-52-69(74)86-65(57-81-68(73)51-43-35-27-20-18-23-31-39-47-61(5)6)58-84-88(76,77)82-54-64(71)55-83-89(78,79)85-59-66(87-70(75)53-45-37-29-21-19-25-33-41-49-63(8)10-2)56-80-67(72)50-42-34-26-17-13-14-22-30-38-46-60(3)4/h60-66,71H,9-59H2,1-8H3,(H,76,77)(H,78,79)/t62?,63?,64?,65-,66-/m1/s1. The molecule has 3 N–H and O–H groups in total. The molecule has 19 heteroatoms. The lowest BCUT2D eigenvalue weighted by Gasteiger charge is -2.21. The third-order valence-corrected chi connectivity index (χ3v) is 18.7. The Bertz CT molecular complexity index is 1770. The van der Waals surface area contributed by atoms with Crippen LogP contribution in [0.3, 0.4) is 0 Å². The van der Waals surface area contributed by atoms with E-state index >= 15 is 0 Å². The predicted octanol–water partition coefficient (Wildman–Crippen LogP) is 19.7. The number of hydrogen-bond donors (Lipinski definition) is 3. The number of carbonyl (C=O) groups is 4. The van der Waals surface area contributed by atoms with Gasteiger partial charge < -0.3 is 33.8 Å². The number of aliphatic hydroxyl groups is 1. The highest BCUT2D eigenvalue weighted by atomic mass is 31.2. The minimum atomic E-state index is -4.95. The van der Waals surface area contributed by atoms with Gasteiger partial charge in [0.15, 0.2) is 12.2 Å². The number of hydrogen-bond acceptors (Lipinski definition) is 15. The van der Waals surface area contributed by atoms with Gasteiger partial charge in [0.1, 0.15) is 19.3 Å². The highest BCUT2D eigenvalue weighted by molar-refractivity contribution is 7.47. The summed E-state index contributed by atoms with van der Waals surface area (Å²) < 4.78 is 68.3. The van der Waals surface area contributed by atoms with Crippen LogP contribution in [0.4, 0.5) is 0 Å². The quantitative estimate of drug-likeness (QED) is 0.0222. The normalized spacial score (nSPS) is 14.9. The Hall–Kier alpha value is -1.94. The van der Waals surface area contributed by atoms with Crippen LogP contribution in [0.5, 0.6) is 0 Å². The Morgan fingerprint density at radius 2 is 0.539 bits per heavy atom. The number of aliphatic hydroxyl groups excluding tert-OH is 1. The number of carbonyl (C=O) groups excluding carboxylic acids is 4. The Morgan fingerprint density at radius 3 is 0.798 bits per heavy atom. The summed E-state index contributed by atoms with van der Waals surface area (Å²) in [5, 5.41) is 10.6. The van der Waals surface area contributed by atoms with Crippen molar-refractivity contribution in [1.82, 2.24) is 0 Å². The average Bonchev–Trinajstić information content (AvgIpc) is 3.65. The largest absolute Gasteiger partial charge is 0.472 e. The van der Waals surface area contributed by atoms with Crippen molar-refractivity contribution in [3.63, 3.8) is 0 Å². The summed E-state index contributed by atoms with van der Waals surface area (Å²) in [7, 11) is -9.90. The van der Waals surface area contributed by atoms with E-state index in [0.29, 0.717) is 25.7 Å². The molecule has 0 aliphatic heterocycles. The van der Waals surface area contributed by atoms with E-state index in [9.17, 15) is 43.2 Å². The van der Waals surface area contributed by atoms with E-state index in [4.69, 9.17) is 37.0 Å². The van der Waals surface area contributed by atoms with Gasteiger partial charge in [-0.05, 0) is 49.4 Å². The van der Waals surface area contributed by atoms with Crippen LogP contribution in [-0.2, 0) is 65.4 Å². The van der Waals surface area contributed by atoms with Gasteiger partial charge >= 0.3 is 39.5 Å². The fraction of sp³-hybridized carbons (Fsp3) is 0.943. The van der Waals surface area contributed by atoms with E-state index < -0.39 is 97.5 Å². The molecule has 0 saturated heterocycles. The van der Waals surface area contributed by atoms with Crippen LogP contribution < -0.4 is 0 Å². The molecule has 0 spiro atoms. The maximum atomic E-state index is 13.0. The molecule has 0 saturated carbocycles. The van der Waals surface area contributed by atoms with Crippen molar-refractivity contribution in [3.05, 3.63) is 0 Å². The Morgan fingerprint density at radius 1 is 0.315 bits per heavy atom. The summed E-state index contributed by atoms with van der Waals surface area (Å²) in [6, 6.07) is 0. The Balaban J connectivity index is 5.28. The van der Waals surface area contributed by atoms with Gasteiger partial charge in [-0.2, -0.15) is 0 Å². The molecule has 5 unspecified atom stereocenters. The summed E-state index contributed by atoms with van der Waals surface area (Å²) in [6.45, 7) is 14.1. The third kappa shape index (κ3) is 62.0. The minimum Gasteiger partial charge on any atom is -0.462 e. The lowest BCUT2D eigenvalue weighted by atomic mass is 9.99. The van der Waals surface area contributed by atoms with Crippen molar-refractivity contribution in [1.29, 1.82) is 0 Å². The number of rotatable bonds is 67. The number of phosphoric acid groups is 2. The molecule has 89 heavy (non-hydrogen) atoms. The van der Waals surface area contributed by atoms with Gasteiger partial charge in [-0.3, -0.25) is 37.3 Å².